The van der Waals surface area contributed by atoms with Crippen LogP contribution < -0.4 is 10.6 Å². The van der Waals surface area contributed by atoms with Gasteiger partial charge in [0.25, 0.3) is 5.91 Å². The Bertz CT molecular complexity index is 1650. The number of anilines is 1. The van der Waals surface area contributed by atoms with E-state index in [1.54, 1.807) is 49.8 Å². The van der Waals surface area contributed by atoms with Crippen molar-refractivity contribution in [1.82, 2.24) is 20.1 Å². The van der Waals surface area contributed by atoms with Crippen molar-refractivity contribution in [3.63, 3.8) is 0 Å². The number of nitrogens with one attached hydrogen (secondary N) is 2. The van der Waals surface area contributed by atoms with Crippen LogP contribution in [0.5, 0.6) is 0 Å². The molecule has 0 aliphatic carbocycles. The minimum absolute atomic E-state index is 0.0604. The number of benzene rings is 1. The zero-order valence-corrected chi connectivity index (χ0v) is 30.9. The van der Waals surface area contributed by atoms with Gasteiger partial charge >= 0.3 is 12.2 Å². The molecule has 48 heavy (non-hydrogen) atoms. The highest BCUT2D eigenvalue weighted by Gasteiger charge is 2.32. The summed E-state index contributed by atoms with van der Waals surface area (Å²) >= 11 is 2.89. The lowest BCUT2D eigenvalue weighted by Gasteiger charge is -2.30. The molecule has 4 rings (SSSR count). The molecule has 0 unspecified atom stereocenters. The summed E-state index contributed by atoms with van der Waals surface area (Å²) in [6.07, 6.45) is -0.244. The van der Waals surface area contributed by atoms with Crippen molar-refractivity contribution in [3.8, 4) is 10.6 Å². The first-order chi connectivity index (χ1) is 22.5. The number of amides is 4. The Labute approximate surface area is 290 Å². The summed E-state index contributed by atoms with van der Waals surface area (Å²) in [5.41, 5.74) is 1.71. The second-order valence-corrected chi connectivity index (χ2v) is 16.0. The van der Waals surface area contributed by atoms with E-state index < -0.39 is 17.3 Å². The van der Waals surface area contributed by atoms with Gasteiger partial charge < -0.3 is 34.6 Å². The fourth-order valence-corrected chi connectivity index (χ4v) is 7.41. The van der Waals surface area contributed by atoms with E-state index in [0.29, 0.717) is 53.8 Å². The van der Waals surface area contributed by atoms with Gasteiger partial charge in [-0.2, -0.15) is 0 Å². The summed E-state index contributed by atoms with van der Waals surface area (Å²) < 4.78 is 17.1. The molecule has 0 bridgehead atoms. The zero-order chi connectivity index (χ0) is 35.4. The van der Waals surface area contributed by atoms with Crippen LogP contribution in [0.4, 0.5) is 14.6 Å². The number of thiophene rings is 1. The SMILES string of the molecule is COCCNC(=O)c1ccc2sc(-c3c(NC(=O)CCN(C(=O)OC(C)(C)C)C(C)C)sc4c3CCN(C(=O)OC(C)(C)C)C4)nc2c1. The van der Waals surface area contributed by atoms with Crippen molar-refractivity contribution in [2.45, 2.75) is 92.0 Å². The summed E-state index contributed by atoms with van der Waals surface area (Å²) in [4.78, 5) is 61.0. The number of carbonyl (C=O) groups excluding carboxylic acids is 4. The van der Waals surface area contributed by atoms with Crippen LogP contribution in [0.15, 0.2) is 18.2 Å². The zero-order valence-electron chi connectivity index (χ0n) is 29.3. The lowest BCUT2D eigenvalue weighted by atomic mass is 10.0. The van der Waals surface area contributed by atoms with Crippen LogP contribution in [0.2, 0.25) is 0 Å². The maximum Gasteiger partial charge on any atom is 0.410 e. The fourth-order valence-electron chi connectivity index (χ4n) is 5.04. The van der Waals surface area contributed by atoms with Crippen molar-refractivity contribution in [3.05, 3.63) is 34.2 Å². The number of nitrogens with zero attached hydrogens (tertiary/aromatic N) is 3. The monoisotopic (exact) mass is 701 g/mol. The summed E-state index contributed by atoms with van der Waals surface area (Å²) in [6.45, 7) is 16.5. The maximum atomic E-state index is 13.4. The highest BCUT2D eigenvalue weighted by Crippen LogP contribution is 2.46. The summed E-state index contributed by atoms with van der Waals surface area (Å²) in [5, 5.41) is 7.26. The third-order valence-electron chi connectivity index (χ3n) is 7.25. The Morgan fingerprint density at radius 2 is 1.75 bits per heavy atom. The highest BCUT2D eigenvalue weighted by molar-refractivity contribution is 7.23. The maximum absolute atomic E-state index is 13.4. The highest BCUT2D eigenvalue weighted by atomic mass is 32.1. The van der Waals surface area contributed by atoms with E-state index in [4.69, 9.17) is 19.2 Å². The first kappa shape index (κ1) is 37.1. The molecule has 12 nitrogen and oxygen atoms in total. The van der Waals surface area contributed by atoms with E-state index >= 15 is 0 Å². The molecule has 3 aromatic rings. The second-order valence-electron chi connectivity index (χ2n) is 13.9. The van der Waals surface area contributed by atoms with Gasteiger partial charge in [0.05, 0.1) is 23.4 Å². The normalized spacial score (nSPS) is 13.3. The minimum Gasteiger partial charge on any atom is -0.444 e. The first-order valence-electron chi connectivity index (χ1n) is 16.1. The third kappa shape index (κ3) is 9.66. The van der Waals surface area contributed by atoms with E-state index in [0.717, 1.165) is 20.7 Å². The molecule has 14 heteroatoms. The van der Waals surface area contributed by atoms with Crippen LogP contribution in [0.25, 0.3) is 20.8 Å². The molecule has 4 amide bonds. The van der Waals surface area contributed by atoms with Gasteiger partial charge in [-0.15, -0.1) is 22.7 Å². The molecule has 0 spiro atoms. The van der Waals surface area contributed by atoms with Crippen LogP contribution in [0.1, 0.15) is 82.6 Å². The van der Waals surface area contributed by atoms with E-state index in [1.807, 2.05) is 40.7 Å². The molecule has 262 valence electrons. The fraction of sp³-hybridized carbons (Fsp3) is 0.559. The van der Waals surface area contributed by atoms with Crippen LogP contribution in [-0.4, -0.2) is 89.4 Å². The van der Waals surface area contributed by atoms with E-state index in [9.17, 15) is 19.2 Å². The quantitative estimate of drug-likeness (QED) is 0.224. The van der Waals surface area contributed by atoms with Gasteiger partial charge in [0.1, 0.15) is 21.2 Å². The number of fused-ring (bicyclic) bond motifs is 2. The molecular weight excluding hydrogens is 655 g/mol. The lowest BCUT2D eigenvalue weighted by molar-refractivity contribution is -0.116. The van der Waals surface area contributed by atoms with Gasteiger partial charge in [0.15, 0.2) is 0 Å². The molecule has 3 heterocycles. The van der Waals surface area contributed by atoms with Gasteiger partial charge in [-0.1, -0.05) is 0 Å². The number of hydrogen-bond donors (Lipinski definition) is 2. The molecular formula is C34H47N5O7S2. The summed E-state index contributed by atoms with van der Waals surface area (Å²) in [6, 6.07) is 5.24. The largest absolute Gasteiger partial charge is 0.444 e. The van der Waals surface area contributed by atoms with Gasteiger partial charge in [-0.3, -0.25) is 9.59 Å². The number of carbonyl (C=O) groups is 4. The smallest absolute Gasteiger partial charge is 0.410 e. The van der Waals surface area contributed by atoms with Crippen molar-refractivity contribution >= 4 is 61.9 Å². The predicted octanol–water partition coefficient (Wildman–Crippen LogP) is 6.67. The van der Waals surface area contributed by atoms with Gasteiger partial charge in [0, 0.05) is 55.2 Å². The average Bonchev–Trinajstić information content (AvgIpc) is 3.54. The minimum atomic E-state index is -0.656. The molecule has 0 saturated heterocycles. The Balaban J connectivity index is 1.63. The molecule has 0 fully saturated rings. The topological polar surface area (TPSA) is 139 Å². The van der Waals surface area contributed by atoms with Crippen molar-refractivity contribution in [2.75, 3.05) is 38.7 Å². The first-order valence-corrected chi connectivity index (χ1v) is 17.7. The Kier molecular flexibility index (Phi) is 11.7. The molecule has 2 N–H and O–H groups in total. The third-order valence-corrected chi connectivity index (χ3v) is 9.43. The number of rotatable bonds is 10. The number of methoxy groups -OCH3 is 1. The Morgan fingerprint density at radius 1 is 1.04 bits per heavy atom. The van der Waals surface area contributed by atoms with Crippen LogP contribution in [0, 0.1) is 0 Å². The van der Waals surface area contributed by atoms with Gasteiger partial charge in [-0.25, -0.2) is 14.6 Å². The number of thiazole rings is 1. The van der Waals surface area contributed by atoms with Gasteiger partial charge in [-0.05, 0) is 85.6 Å². The standard InChI is InChI=1S/C34H47N5O7S2/c1-20(2)39(32(43)46-34(6,7)8)16-13-26(40)37-30-27(22-12-15-38(19-25(22)48-30)31(42)45-33(3,4)5)29-36-23-18-21(10-11-24(23)47-29)28(41)35-14-17-44-9/h10-11,18,20H,12-17,19H2,1-9H3,(H,35,41)(H,37,40). The Hall–Kier alpha value is -3.75. The van der Waals surface area contributed by atoms with Gasteiger partial charge in [0.2, 0.25) is 5.91 Å². The van der Waals surface area contributed by atoms with Crippen LogP contribution in [0.3, 0.4) is 0 Å². The number of hydrogen-bond acceptors (Lipinski definition) is 10. The number of ether oxygens (including phenoxy) is 3. The number of aromatic nitrogens is 1. The summed E-state index contributed by atoms with van der Waals surface area (Å²) in [7, 11) is 1.58. The molecule has 1 aromatic carbocycles. The van der Waals surface area contributed by atoms with Crippen molar-refractivity contribution < 1.29 is 33.4 Å². The molecule has 2 aromatic heterocycles. The average molecular weight is 702 g/mol. The van der Waals surface area contributed by atoms with E-state index in [1.165, 1.54) is 22.7 Å². The molecule has 0 radical (unpaired) electrons. The predicted molar refractivity (Wildman–Crippen MR) is 189 cm³/mol. The molecule has 0 atom stereocenters. The Morgan fingerprint density at radius 3 is 2.40 bits per heavy atom. The lowest BCUT2D eigenvalue weighted by Crippen LogP contribution is -2.42. The summed E-state index contributed by atoms with van der Waals surface area (Å²) in [5.74, 6) is -0.474. The van der Waals surface area contributed by atoms with Crippen molar-refractivity contribution in [2.24, 2.45) is 0 Å². The van der Waals surface area contributed by atoms with Crippen LogP contribution in [-0.2, 0) is 32.0 Å². The van der Waals surface area contributed by atoms with Crippen molar-refractivity contribution in [1.29, 1.82) is 0 Å². The second kappa shape index (κ2) is 15.2. The van der Waals surface area contributed by atoms with Crippen LogP contribution >= 0.6 is 22.7 Å². The van der Waals surface area contributed by atoms with E-state index in [2.05, 4.69) is 10.6 Å². The molecule has 1 aliphatic rings. The molecule has 0 saturated carbocycles. The molecule has 1 aliphatic heterocycles. The van der Waals surface area contributed by atoms with E-state index in [-0.39, 0.29) is 36.9 Å².